The maximum absolute atomic E-state index is 12.6. The molecule has 2 fully saturated rings. The van der Waals surface area contributed by atoms with Crippen LogP contribution in [0.15, 0.2) is 24.4 Å². The number of carbonyl (C=O) groups is 2. The molecule has 1 aliphatic carbocycles. The van der Waals surface area contributed by atoms with Crippen LogP contribution in [0, 0.1) is 12.8 Å². The van der Waals surface area contributed by atoms with Crippen molar-refractivity contribution in [1.82, 2.24) is 10.3 Å². The Balaban J connectivity index is 1.36. The molecule has 2 amide bonds. The first-order valence-corrected chi connectivity index (χ1v) is 10.8. The maximum atomic E-state index is 12.6. The predicted molar refractivity (Wildman–Crippen MR) is 112 cm³/mol. The Morgan fingerprint density at radius 2 is 2.00 bits per heavy atom. The van der Waals surface area contributed by atoms with E-state index in [2.05, 4.69) is 26.6 Å². The van der Waals surface area contributed by atoms with Gasteiger partial charge in [-0.1, -0.05) is 0 Å². The third-order valence-corrected chi connectivity index (χ3v) is 6.41. The van der Waals surface area contributed by atoms with Crippen LogP contribution in [0.25, 0.3) is 0 Å². The van der Waals surface area contributed by atoms with E-state index >= 15 is 0 Å². The molecule has 2 aromatic heterocycles. The molecule has 1 aliphatic heterocycles. The molecular formula is C21H26N4O2S. The van der Waals surface area contributed by atoms with E-state index in [9.17, 15) is 9.59 Å². The van der Waals surface area contributed by atoms with Crippen molar-refractivity contribution in [1.29, 1.82) is 0 Å². The normalized spacial score (nSPS) is 16.7. The molecule has 0 bridgehead atoms. The molecule has 0 atom stereocenters. The average Bonchev–Trinajstić information content (AvgIpc) is 3.51. The fourth-order valence-electron chi connectivity index (χ4n) is 3.47. The summed E-state index contributed by atoms with van der Waals surface area (Å²) in [6.45, 7) is 4.46. The van der Waals surface area contributed by atoms with E-state index < -0.39 is 0 Å². The topological polar surface area (TPSA) is 74.3 Å². The van der Waals surface area contributed by atoms with Gasteiger partial charge in [-0.25, -0.2) is 4.98 Å². The van der Waals surface area contributed by atoms with Crippen LogP contribution in [0.1, 0.15) is 52.9 Å². The lowest BCUT2D eigenvalue weighted by atomic mass is 10.1. The summed E-state index contributed by atoms with van der Waals surface area (Å²) in [5.41, 5.74) is 1.93. The van der Waals surface area contributed by atoms with Gasteiger partial charge in [-0.2, -0.15) is 0 Å². The Hall–Kier alpha value is -2.41. The number of pyridine rings is 1. The van der Waals surface area contributed by atoms with E-state index in [-0.39, 0.29) is 17.7 Å². The van der Waals surface area contributed by atoms with Crippen LogP contribution in [0.3, 0.4) is 0 Å². The van der Waals surface area contributed by atoms with Crippen molar-refractivity contribution in [2.24, 2.45) is 5.92 Å². The van der Waals surface area contributed by atoms with Crippen molar-refractivity contribution in [2.45, 2.75) is 45.6 Å². The second kappa shape index (κ2) is 8.31. The second-order valence-corrected chi connectivity index (χ2v) is 8.69. The summed E-state index contributed by atoms with van der Waals surface area (Å²) in [6, 6.07) is 5.88. The zero-order valence-electron chi connectivity index (χ0n) is 16.2. The minimum Gasteiger partial charge on any atom is -0.357 e. The number of piperidine rings is 1. The Morgan fingerprint density at radius 1 is 1.21 bits per heavy atom. The molecule has 0 spiro atoms. The molecule has 0 aromatic carbocycles. The molecule has 1 saturated carbocycles. The molecule has 2 aromatic rings. The second-order valence-electron chi connectivity index (χ2n) is 7.64. The molecule has 0 radical (unpaired) electrons. The summed E-state index contributed by atoms with van der Waals surface area (Å²) in [4.78, 5) is 32.0. The smallest absolute Gasteiger partial charge is 0.261 e. The lowest BCUT2D eigenvalue weighted by molar-refractivity contribution is -0.117. The first kappa shape index (κ1) is 18.9. The number of carbonyl (C=O) groups excluding carboxylic acids is 2. The highest BCUT2D eigenvalue weighted by Crippen LogP contribution is 2.32. The molecule has 1 saturated heterocycles. The van der Waals surface area contributed by atoms with Crippen LogP contribution >= 0.6 is 11.3 Å². The van der Waals surface area contributed by atoms with Gasteiger partial charge in [0.15, 0.2) is 0 Å². The summed E-state index contributed by atoms with van der Waals surface area (Å²) in [7, 11) is 0. The number of nitrogens with zero attached hydrogens (tertiary/aromatic N) is 2. The van der Waals surface area contributed by atoms with Gasteiger partial charge in [0, 0.05) is 31.7 Å². The standard InChI is InChI=1S/C21H26N4O2S/c1-14-11-18(24-20(26)16-5-6-16)28-19(14)21(27)23-13-15-7-8-22-17(12-15)25-9-3-2-4-10-25/h7-8,11-12,16H,2-6,9-10,13H2,1H3,(H,23,27)(H,24,26). The third-order valence-electron chi connectivity index (χ3n) is 5.26. The molecule has 4 rings (SSSR count). The van der Waals surface area contributed by atoms with E-state index in [4.69, 9.17) is 0 Å². The van der Waals surface area contributed by atoms with Crippen LogP contribution in [0.2, 0.25) is 0 Å². The van der Waals surface area contributed by atoms with Crippen molar-refractivity contribution in [3.63, 3.8) is 0 Å². The molecule has 6 nitrogen and oxygen atoms in total. The Labute approximate surface area is 169 Å². The zero-order valence-corrected chi connectivity index (χ0v) is 17.0. The van der Waals surface area contributed by atoms with Crippen molar-refractivity contribution >= 4 is 34.0 Å². The molecule has 2 aliphatic rings. The van der Waals surface area contributed by atoms with Crippen LogP contribution in [0.5, 0.6) is 0 Å². The van der Waals surface area contributed by atoms with Gasteiger partial charge in [-0.15, -0.1) is 11.3 Å². The van der Waals surface area contributed by atoms with Crippen LogP contribution in [-0.2, 0) is 11.3 Å². The van der Waals surface area contributed by atoms with E-state index in [1.54, 1.807) is 0 Å². The first-order chi connectivity index (χ1) is 13.6. The average molecular weight is 399 g/mol. The largest absolute Gasteiger partial charge is 0.357 e. The molecule has 148 valence electrons. The number of aromatic nitrogens is 1. The number of anilines is 2. The SMILES string of the molecule is Cc1cc(NC(=O)C2CC2)sc1C(=O)NCc1ccnc(N2CCCCC2)c1. The Morgan fingerprint density at radius 3 is 2.75 bits per heavy atom. The monoisotopic (exact) mass is 398 g/mol. The highest BCUT2D eigenvalue weighted by molar-refractivity contribution is 7.18. The van der Waals surface area contributed by atoms with Crippen LogP contribution in [0.4, 0.5) is 10.8 Å². The van der Waals surface area contributed by atoms with Crippen LogP contribution < -0.4 is 15.5 Å². The van der Waals surface area contributed by atoms with Gasteiger partial charge in [0.1, 0.15) is 5.82 Å². The number of rotatable bonds is 6. The summed E-state index contributed by atoms with van der Waals surface area (Å²) < 4.78 is 0. The van der Waals surface area contributed by atoms with Gasteiger partial charge in [0.2, 0.25) is 5.91 Å². The molecule has 7 heteroatoms. The fraction of sp³-hybridized carbons (Fsp3) is 0.476. The summed E-state index contributed by atoms with van der Waals surface area (Å²) in [5.74, 6) is 1.10. The third kappa shape index (κ3) is 4.52. The molecular weight excluding hydrogens is 372 g/mol. The number of thiophene rings is 1. The quantitative estimate of drug-likeness (QED) is 0.778. The summed E-state index contributed by atoms with van der Waals surface area (Å²) >= 11 is 1.34. The van der Waals surface area contributed by atoms with Crippen molar-refractivity contribution in [3.8, 4) is 0 Å². The van der Waals surface area contributed by atoms with Gasteiger partial charge < -0.3 is 15.5 Å². The number of nitrogens with one attached hydrogen (secondary N) is 2. The lowest BCUT2D eigenvalue weighted by Crippen LogP contribution is -2.30. The molecule has 2 N–H and O–H groups in total. The summed E-state index contributed by atoms with van der Waals surface area (Å²) in [5, 5.41) is 6.67. The highest BCUT2D eigenvalue weighted by atomic mass is 32.1. The minimum absolute atomic E-state index is 0.0650. The molecule has 0 unspecified atom stereocenters. The van der Waals surface area contributed by atoms with Crippen LogP contribution in [-0.4, -0.2) is 29.9 Å². The van der Waals surface area contributed by atoms with E-state index in [0.717, 1.165) is 47.9 Å². The highest BCUT2D eigenvalue weighted by Gasteiger charge is 2.30. The summed E-state index contributed by atoms with van der Waals surface area (Å²) in [6.07, 6.45) is 7.45. The van der Waals surface area contributed by atoms with E-state index in [1.165, 1.54) is 30.6 Å². The van der Waals surface area contributed by atoms with Gasteiger partial charge in [0.25, 0.3) is 5.91 Å². The van der Waals surface area contributed by atoms with Crippen molar-refractivity contribution in [3.05, 3.63) is 40.4 Å². The Kier molecular flexibility index (Phi) is 5.62. The molecule has 28 heavy (non-hydrogen) atoms. The van der Waals surface area contributed by atoms with E-state index in [1.807, 2.05) is 25.3 Å². The lowest BCUT2D eigenvalue weighted by Gasteiger charge is -2.27. The van der Waals surface area contributed by atoms with E-state index in [0.29, 0.717) is 11.4 Å². The minimum atomic E-state index is -0.106. The van der Waals surface area contributed by atoms with Gasteiger partial charge in [-0.3, -0.25) is 9.59 Å². The number of hydrogen-bond donors (Lipinski definition) is 2. The van der Waals surface area contributed by atoms with Crippen molar-refractivity contribution < 1.29 is 9.59 Å². The predicted octanol–water partition coefficient (Wildman–Crippen LogP) is 3.72. The van der Waals surface area contributed by atoms with Crippen molar-refractivity contribution in [2.75, 3.05) is 23.3 Å². The number of hydrogen-bond acceptors (Lipinski definition) is 5. The number of amides is 2. The first-order valence-electron chi connectivity index (χ1n) is 9.99. The van der Waals surface area contributed by atoms with Gasteiger partial charge in [-0.05, 0) is 68.4 Å². The Bertz CT molecular complexity index is 869. The zero-order chi connectivity index (χ0) is 19.5. The van der Waals surface area contributed by atoms with Gasteiger partial charge in [0.05, 0.1) is 9.88 Å². The van der Waals surface area contributed by atoms with Gasteiger partial charge >= 0.3 is 0 Å². The fourth-order valence-corrected chi connectivity index (χ4v) is 4.46. The number of aryl methyl sites for hydroxylation is 1. The maximum Gasteiger partial charge on any atom is 0.261 e. The molecule has 3 heterocycles.